The molecule has 0 atom stereocenters. The minimum absolute atomic E-state index is 0.0474. The van der Waals surface area contributed by atoms with Crippen molar-refractivity contribution in [3.63, 3.8) is 0 Å². The fourth-order valence-electron chi connectivity index (χ4n) is 8.21. The molecule has 0 radical (unpaired) electrons. The number of hydrogen-bond acceptors (Lipinski definition) is 1. The van der Waals surface area contributed by atoms with Crippen LogP contribution in [0.4, 0.5) is 11.4 Å². The first-order chi connectivity index (χ1) is 22.8. The normalized spacial score (nSPS) is 14.7. The second-order valence-corrected chi connectivity index (χ2v) is 14.3. The van der Waals surface area contributed by atoms with Crippen molar-refractivity contribution in [2.24, 2.45) is 0 Å². The molecule has 7 aromatic rings. The molecular formula is C46H37N. The number of fused-ring (bicyclic) bond motifs is 8. The fraction of sp³-hybridized carbons (Fsp3) is 0.130. The maximum atomic E-state index is 3.70. The molecule has 0 aromatic heterocycles. The molecule has 1 heteroatoms. The molecule has 0 bridgehead atoms. The van der Waals surface area contributed by atoms with Crippen molar-refractivity contribution in [1.82, 2.24) is 0 Å². The van der Waals surface area contributed by atoms with Crippen molar-refractivity contribution in [1.29, 1.82) is 0 Å². The number of benzene rings is 7. The van der Waals surface area contributed by atoms with E-state index in [4.69, 9.17) is 0 Å². The zero-order valence-corrected chi connectivity index (χ0v) is 27.4. The third kappa shape index (κ3) is 4.23. The molecule has 0 fully saturated rings. The van der Waals surface area contributed by atoms with Gasteiger partial charge in [0.15, 0.2) is 0 Å². The van der Waals surface area contributed by atoms with Gasteiger partial charge in [-0.1, -0.05) is 137 Å². The Morgan fingerprint density at radius 3 is 1.64 bits per heavy atom. The molecule has 2 aliphatic carbocycles. The lowest BCUT2D eigenvalue weighted by molar-refractivity contribution is 0.652. The van der Waals surface area contributed by atoms with Crippen LogP contribution in [0.15, 0.2) is 146 Å². The van der Waals surface area contributed by atoms with Gasteiger partial charge in [-0.05, 0) is 114 Å². The summed E-state index contributed by atoms with van der Waals surface area (Å²) < 4.78 is 0. The maximum Gasteiger partial charge on any atom is 0.0387 e. The summed E-state index contributed by atoms with van der Waals surface area (Å²) in [6.07, 6.45) is 0. The Balaban J connectivity index is 1.02. The molecule has 9 rings (SSSR count). The Morgan fingerprint density at radius 1 is 0.383 bits per heavy atom. The van der Waals surface area contributed by atoms with Crippen LogP contribution in [-0.4, -0.2) is 0 Å². The standard InChI is InChI=1S/C46H37N/c1-45(2)40-25-20-33-12-8-9-13-36(33)44(40)39-28-42-38(27-43(39)45)37-24-23-35(26-41(37)46(42,3)4)47-34-21-18-32(19-22-34)31-16-14-30(15-17-31)29-10-6-5-7-11-29/h5-28,47H,1-4H3. The van der Waals surface area contributed by atoms with Crippen LogP contribution >= 0.6 is 0 Å². The smallest absolute Gasteiger partial charge is 0.0387 e. The minimum Gasteiger partial charge on any atom is -0.356 e. The van der Waals surface area contributed by atoms with Crippen LogP contribution in [-0.2, 0) is 10.8 Å². The van der Waals surface area contributed by atoms with Gasteiger partial charge in [0.1, 0.15) is 0 Å². The molecule has 0 aliphatic heterocycles. The second-order valence-electron chi connectivity index (χ2n) is 14.3. The fourth-order valence-corrected chi connectivity index (χ4v) is 8.21. The summed E-state index contributed by atoms with van der Waals surface area (Å²) in [6.45, 7) is 9.54. The SMILES string of the molecule is CC1(C)c2cc(Nc3ccc(-c4ccc(-c5ccccc5)cc4)cc3)ccc2-c2cc3c(cc21)-c1c(ccc2ccccc12)C3(C)C. The molecule has 2 aliphatic rings. The average Bonchev–Trinajstić information content (AvgIpc) is 3.47. The van der Waals surface area contributed by atoms with Crippen LogP contribution < -0.4 is 5.32 Å². The molecule has 0 heterocycles. The Kier molecular flexibility index (Phi) is 5.96. The third-order valence-electron chi connectivity index (χ3n) is 10.9. The Labute approximate surface area is 277 Å². The van der Waals surface area contributed by atoms with E-state index in [0.29, 0.717) is 0 Å². The number of rotatable bonds is 4. The van der Waals surface area contributed by atoms with Gasteiger partial charge in [0.05, 0.1) is 0 Å². The van der Waals surface area contributed by atoms with E-state index in [9.17, 15) is 0 Å². The van der Waals surface area contributed by atoms with E-state index in [2.05, 4.69) is 179 Å². The molecule has 0 unspecified atom stereocenters. The largest absolute Gasteiger partial charge is 0.356 e. The highest BCUT2D eigenvalue weighted by atomic mass is 14.9. The van der Waals surface area contributed by atoms with Crippen LogP contribution in [0.5, 0.6) is 0 Å². The van der Waals surface area contributed by atoms with Crippen LogP contribution in [0.25, 0.3) is 55.3 Å². The van der Waals surface area contributed by atoms with Gasteiger partial charge in [-0.2, -0.15) is 0 Å². The molecule has 226 valence electrons. The topological polar surface area (TPSA) is 12.0 Å². The van der Waals surface area contributed by atoms with E-state index >= 15 is 0 Å². The van der Waals surface area contributed by atoms with E-state index in [-0.39, 0.29) is 10.8 Å². The van der Waals surface area contributed by atoms with Crippen molar-refractivity contribution in [2.45, 2.75) is 38.5 Å². The summed E-state index contributed by atoms with van der Waals surface area (Å²) in [6, 6.07) is 53.6. The van der Waals surface area contributed by atoms with Gasteiger partial charge < -0.3 is 5.32 Å². The number of nitrogens with one attached hydrogen (secondary N) is 1. The third-order valence-corrected chi connectivity index (χ3v) is 10.9. The van der Waals surface area contributed by atoms with E-state index in [1.165, 1.54) is 77.5 Å². The first kappa shape index (κ1) is 27.9. The quantitative estimate of drug-likeness (QED) is 0.211. The number of anilines is 2. The van der Waals surface area contributed by atoms with Crippen molar-refractivity contribution < 1.29 is 0 Å². The molecule has 1 N–H and O–H groups in total. The van der Waals surface area contributed by atoms with Gasteiger partial charge in [0.2, 0.25) is 0 Å². The molecule has 0 spiro atoms. The highest BCUT2D eigenvalue weighted by molar-refractivity contribution is 6.03. The van der Waals surface area contributed by atoms with Crippen molar-refractivity contribution in [3.05, 3.63) is 168 Å². The summed E-state index contributed by atoms with van der Waals surface area (Å²) in [7, 11) is 0. The molecule has 1 nitrogen and oxygen atoms in total. The highest BCUT2D eigenvalue weighted by Gasteiger charge is 2.42. The van der Waals surface area contributed by atoms with Crippen LogP contribution in [0.3, 0.4) is 0 Å². The van der Waals surface area contributed by atoms with Crippen LogP contribution in [0.1, 0.15) is 49.9 Å². The van der Waals surface area contributed by atoms with E-state index < -0.39 is 0 Å². The molecule has 0 saturated carbocycles. The van der Waals surface area contributed by atoms with Gasteiger partial charge in [-0.3, -0.25) is 0 Å². The summed E-state index contributed by atoms with van der Waals surface area (Å²) >= 11 is 0. The van der Waals surface area contributed by atoms with Crippen molar-refractivity contribution in [2.75, 3.05) is 5.32 Å². The van der Waals surface area contributed by atoms with Gasteiger partial charge >= 0.3 is 0 Å². The highest BCUT2D eigenvalue weighted by Crippen LogP contribution is 2.57. The first-order valence-electron chi connectivity index (χ1n) is 16.7. The lowest BCUT2D eigenvalue weighted by Crippen LogP contribution is -2.17. The van der Waals surface area contributed by atoms with Crippen molar-refractivity contribution >= 4 is 22.1 Å². The van der Waals surface area contributed by atoms with Gasteiger partial charge in [0, 0.05) is 22.2 Å². The molecule has 47 heavy (non-hydrogen) atoms. The van der Waals surface area contributed by atoms with E-state index in [1.54, 1.807) is 0 Å². The summed E-state index contributed by atoms with van der Waals surface area (Å²) in [5.74, 6) is 0. The van der Waals surface area contributed by atoms with Gasteiger partial charge in [0.25, 0.3) is 0 Å². The molecule has 0 amide bonds. The molecule has 0 saturated heterocycles. The molecule has 7 aromatic carbocycles. The van der Waals surface area contributed by atoms with Gasteiger partial charge in [-0.15, -0.1) is 0 Å². The zero-order valence-electron chi connectivity index (χ0n) is 27.4. The minimum atomic E-state index is -0.107. The van der Waals surface area contributed by atoms with E-state index in [1.807, 2.05) is 0 Å². The zero-order chi connectivity index (χ0) is 31.9. The van der Waals surface area contributed by atoms with Crippen LogP contribution in [0, 0.1) is 0 Å². The lowest BCUT2D eigenvalue weighted by Gasteiger charge is -2.24. The maximum absolute atomic E-state index is 3.70. The summed E-state index contributed by atoms with van der Waals surface area (Å²) in [4.78, 5) is 0. The summed E-state index contributed by atoms with van der Waals surface area (Å²) in [5.41, 5.74) is 18.2. The average molecular weight is 604 g/mol. The van der Waals surface area contributed by atoms with E-state index in [0.717, 1.165) is 11.4 Å². The Morgan fingerprint density at radius 2 is 0.915 bits per heavy atom. The molecular weight excluding hydrogens is 567 g/mol. The summed E-state index contributed by atoms with van der Waals surface area (Å²) in [5, 5.41) is 6.36. The van der Waals surface area contributed by atoms with Crippen LogP contribution in [0.2, 0.25) is 0 Å². The predicted octanol–water partition coefficient (Wildman–Crippen LogP) is 12.5. The lowest BCUT2D eigenvalue weighted by atomic mass is 9.79. The Hall–Kier alpha value is -5.40. The second kappa shape index (κ2) is 10.0. The van der Waals surface area contributed by atoms with Crippen molar-refractivity contribution in [3.8, 4) is 44.5 Å². The first-order valence-corrected chi connectivity index (χ1v) is 16.7. The Bertz CT molecular complexity index is 2340. The number of hydrogen-bond donors (Lipinski definition) is 1. The van der Waals surface area contributed by atoms with Gasteiger partial charge in [-0.25, -0.2) is 0 Å². The predicted molar refractivity (Wildman–Crippen MR) is 200 cm³/mol. The monoisotopic (exact) mass is 603 g/mol.